The molecule has 1 heterocycles. The number of piperidine rings is 1. The van der Waals surface area contributed by atoms with Crippen LogP contribution >= 0.6 is 0 Å². The van der Waals surface area contributed by atoms with Gasteiger partial charge in [-0.1, -0.05) is 6.92 Å². The van der Waals surface area contributed by atoms with E-state index >= 15 is 0 Å². The van der Waals surface area contributed by atoms with E-state index in [2.05, 4.69) is 11.8 Å². The van der Waals surface area contributed by atoms with Crippen LogP contribution in [0.2, 0.25) is 0 Å². The summed E-state index contributed by atoms with van der Waals surface area (Å²) in [7, 11) is 0. The summed E-state index contributed by atoms with van der Waals surface area (Å²) in [5.41, 5.74) is 7.64. The van der Waals surface area contributed by atoms with Crippen LogP contribution in [-0.2, 0) is 0 Å². The minimum Gasteiger partial charge on any atom is -0.491 e. The van der Waals surface area contributed by atoms with E-state index in [4.69, 9.17) is 10.5 Å². The largest absolute Gasteiger partial charge is 0.491 e. The smallest absolute Gasteiger partial charge is 0.144 e. The number of aliphatic hydroxyl groups excluding tert-OH is 1. The van der Waals surface area contributed by atoms with Crippen molar-refractivity contribution in [2.45, 2.75) is 32.3 Å². The number of nitrogen functional groups attached to an aromatic ring is 1. The van der Waals surface area contributed by atoms with Crippen molar-refractivity contribution in [3.8, 4) is 5.75 Å². The zero-order valence-electron chi connectivity index (χ0n) is 10.9. The summed E-state index contributed by atoms with van der Waals surface area (Å²) >= 11 is 0. The third-order valence-corrected chi connectivity index (χ3v) is 3.22. The van der Waals surface area contributed by atoms with Crippen molar-refractivity contribution in [3.05, 3.63) is 18.2 Å². The van der Waals surface area contributed by atoms with Gasteiger partial charge in [0, 0.05) is 24.8 Å². The lowest BCUT2D eigenvalue weighted by molar-refractivity contribution is 0.154. The number of ether oxygens (including phenoxy) is 1. The van der Waals surface area contributed by atoms with Gasteiger partial charge < -0.3 is 20.5 Å². The van der Waals surface area contributed by atoms with Crippen LogP contribution in [0.4, 0.5) is 11.4 Å². The first-order valence-corrected chi connectivity index (χ1v) is 6.66. The van der Waals surface area contributed by atoms with Gasteiger partial charge in [0.05, 0.1) is 18.4 Å². The van der Waals surface area contributed by atoms with Crippen LogP contribution in [0.15, 0.2) is 18.2 Å². The first kappa shape index (κ1) is 13.0. The van der Waals surface area contributed by atoms with Gasteiger partial charge in [-0.3, -0.25) is 0 Å². The Hall–Kier alpha value is -1.42. The van der Waals surface area contributed by atoms with Gasteiger partial charge in [-0.15, -0.1) is 0 Å². The molecule has 100 valence electrons. The number of rotatable bonds is 4. The zero-order valence-corrected chi connectivity index (χ0v) is 10.9. The van der Waals surface area contributed by atoms with Gasteiger partial charge in [0.15, 0.2) is 0 Å². The molecule has 18 heavy (non-hydrogen) atoms. The van der Waals surface area contributed by atoms with E-state index in [1.807, 2.05) is 18.2 Å². The maximum atomic E-state index is 9.71. The molecule has 0 amide bonds. The Morgan fingerprint density at radius 1 is 1.50 bits per heavy atom. The molecule has 4 nitrogen and oxygen atoms in total. The first-order valence-electron chi connectivity index (χ1n) is 6.66. The number of nitrogens with two attached hydrogens (primary N) is 1. The fraction of sp³-hybridized carbons (Fsp3) is 0.571. The van der Waals surface area contributed by atoms with Gasteiger partial charge in [0.1, 0.15) is 5.75 Å². The van der Waals surface area contributed by atoms with Gasteiger partial charge in [0.2, 0.25) is 0 Å². The summed E-state index contributed by atoms with van der Waals surface area (Å²) in [4.78, 5) is 2.19. The molecule has 1 aliphatic heterocycles. The highest BCUT2D eigenvalue weighted by atomic mass is 16.5. The van der Waals surface area contributed by atoms with Gasteiger partial charge >= 0.3 is 0 Å². The van der Waals surface area contributed by atoms with E-state index < -0.39 is 0 Å². The molecule has 1 aromatic rings. The molecule has 1 aromatic carbocycles. The normalized spacial score (nSPS) is 19.9. The van der Waals surface area contributed by atoms with Crippen molar-refractivity contribution in [3.63, 3.8) is 0 Å². The summed E-state index contributed by atoms with van der Waals surface area (Å²) in [6, 6.07) is 5.84. The average molecular weight is 250 g/mol. The zero-order chi connectivity index (χ0) is 13.0. The minimum atomic E-state index is -0.226. The second kappa shape index (κ2) is 5.96. The molecule has 1 saturated heterocycles. The summed E-state index contributed by atoms with van der Waals surface area (Å²) < 4.78 is 5.63. The van der Waals surface area contributed by atoms with Gasteiger partial charge in [-0.05, 0) is 31.4 Å². The van der Waals surface area contributed by atoms with Crippen LogP contribution in [0.3, 0.4) is 0 Å². The molecule has 1 aliphatic rings. The predicted molar refractivity (Wildman–Crippen MR) is 74.1 cm³/mol. The van der Waals surface area contributed by atoms with Gasteiger partial charge in [0.25, 0.3) is 0 Å². The molecule has 0 radical (unpaired) electrons. The van der Waals surface area contributed by atoms with E-state index in [1.165, 1.54) is 0 Å². The second-order valence-corrected chi connectivity index (χ2v) is 4.81. The Labute approximate surface area is 108 Å². The Kier molecular flexibility index (Phi) is 4.31. The summed E-state index contributed by atoms with van der Waals surface area (Å²) in [6.07, 6.45) is 2.66. The van der Waals surface area contributed by atoms with E-state index in [-0.39, 0.29) is 6.10 Å². The van der Waals surface area contributed by atoms with Crippen LogP contribution in [-0.4, -0.2) is 30.9 Å². The highest BCUT2D eigenvalue weighted by Gasteiger charge is 2.18. The number of hydrogen-bond acceptors (Lipinski definition) is 4. The monoisotopic (exact) mass is 250 g/mol. The molecule has 0 spiro atoms. The van der Waals surface area contributed by atoms with Crippen LogP contribution in [0, 0.1) is 0 Å². The highest BCUT2D eigenvalue weighted by Crippen LogP contribution is 2.29. The molecule has 3 N–H and O–H groups in total. The number of aliphatic hydroxyl groups is 1. The fourth-order valence-corrected chi connectivity index (χ4v) is 2.25. The molecule has 0 aliphatic carbocycles. The van der Waals surface area contributed by atoms with Crippen LogP contribution in [0.25, 0.3) is 0 Å². The standard InChI is InChI=1S/C14H22N2O2/c1-2-8-18-14-9-11(5-6-13(14)15)16-7-3-4-12(17)10-16/h5-6,9,12,17H,2-4,7-8,10,15H2,1H3. The number of anilines is 2. The van der Waals surface area contributed by atoms with E-state index in [9.17, 15) is 5.11 Å². The molecule has 1 atom stereocenters. The molecule has 2 rings (SSSR count). The number of hydrogen-bond donors (Lipinski definition) is 2. The SMILES string of the molecule is CCCOc1cc(N2CCCC(O)C2)ccc1N. The van der Waals surface area contributed by atoms with Crippen LogP contribution in [0.1, 0.15) is 26.2 Å². The number of nitrogens with zero attached hydrogens (tertiary/aromatic N) is 1. The third kappa shape index (κ3) is 3.07. The van der Waals surface area contributed by atoms with Crippen molar-refractivity contribution < 1.29 is 9.84 Å². The lowest BCUT2D eigenvalue weighted by Gasteiger charge is -2.32. The summed E-state index contributed by atoms with van der Waals surface area (Å²) in [5, 5.41) is 9.71. The van der Waals surface area contributed by atoms with Crippen molar-refractivity contribution in [2.75, 3.05) is 30.3 Å². The van der Waals surface area contributed by atoms with Crippen molar-refractivity contribution in [2.24, 2.45) is 0 Å². The molecule has 0 saturated carbocycles. The van der Waals surface area contributed by atoms with Gasteiger partial charge in [-0.2, -0.15) is 0 Å². The average Bonchev–Trinajstić information content (AvgIpc) is 2.38. The van der Waals surface area contributed by atoms with Crippen molar-refractivity contribution in [1.29, 1.82) is 0 Å². The molecular weight excluding hydrogens is 228 g/mol. The number of β-amino-alcohol motifs (C(OH)–C–C–N with tert-alkyl or cyclic N) is 1. The Morgan fingerprint density at radius 3 is 3.06 bits per heavy atom. The second-order valence-electron chi connectivity index (χ2n) is 4.81. The van der Waals surface area contributed by atoms with Crippen LogP contribution < -0.4 is 15.4 Å². The lowest BCUT2D eigenvalue weighted by atomic mass is 10.1. The van der Waals surface area contributed by atoms with Gasteiger partial charge in [-0.25, -0.2) is 0 Å². The van der Waals surface area contributed by atoms with Crippen molar-refractivity contribution in [1.82, 2.24) is 0 Å². The topological polar surface area (TPSA) is 58.7 Å². The molecule has 0 bridgehead atoms. The molecule has 1 fully saturated rings. The van der Waals surface area contributed by atoms with E-state index in [0.29, 0.717) is 18.8 Å². The molecule has 1 unspecified atom stereocenters. The Bertz CT molecular complexity index is 395. The minimum absolute atomic E-state index is 0.226. The van der Waals surface area contributed by atoms with E-state index in [1.54, 1.807) is 0 Å². The number of benzene rings is 1. The maximum absolute atomic E-state index is 9.71. The maximum Gasteiger partial charge on any atom is 0.144 e. The third-order valence-electron chi connectivity index (χ3n) is 3.22. The fourth-order valence-electron chi connectivity index (χ4n) is 2.25. The first-order chi connectivity index (χ1) is 8.70. The lowest BCUT2D eigenvalue weighted by Crippen LogP contribution is -2.38. The van der Waals surface area contributed by atoms with Crippen LogP contribution in [0.5, 0.6) is 5.75 Å². The van der Waals surface area contributed by atoms with Crippen molar-refractivity contribution >= 4 is 11.4 Å². The quantitative estimate of drug-likeness (QED) is 0.803. The Balaban J connectivity index is 2.12. The Morgan fingerprint density at radius 2 is 2.33 bits per heavy atom. The highest BCUT2D eigenvalue weighted by molar-refractivity contribution is 5.62. The predicted octanol–water partition coefficient (Wildman–Crippen LogP) is 2.02. The summed E-state index contributed by atoms with van der Waals surface area (Å²) in [6.45, 7) is 4.42. The van der Waals surface area contributed by atoms with E-state index in [0.717, 1.165) is 37.2 Å². The molecular formula is C14H22N2O2. The summed E-state index contributed by atoms with van der Waals surface area (Å²) in [5.74, 6) is 0.745. The molecule has 0 aromatic heterocycles. The molecule has 4 heteroatoms.